The number of piperazine rings is 1. The van der Waals surface area contributed by atoms with Gasteiger partial charge in [0, 0.05) is 39.8 Å². The van der Waals surface area contributed by atoms with Gasteiger partial charge < -0.3 is 19.9 Å². The van der Waals surface area contributed by atoms with E-state index in [0.717, 1.165) is 49.6 Å². The average Bonchev–Trinajstić information content (AvgIpc) is 2.73. The number of halogens is 2. The predicted molar refractivity (Wildman–Crippen MR) is 127 cm³/mol. The SMILES string of the molecule is CN=C(NCCc1ccccc1)N1CCN(c2ncc(Br)c(OC)n2)CC1.I. The van der Waals surface area contributed by atoms with Crippen LogP contribution in [0.4, 0.5) is 5.95 Å². The van der Waals surface area contributed by atoms with Crippen LogP contribution in [-0.2, 0) is 6.42 Å². The molecule has 3 rings (SSSR count). The lowest BCUT2D eigenvalue weighted by Crippen LogP contribution is -2.53. The maximum atomic E-state index is 5.27. The second-order valence-corrected chi connectivity index (χ2v) is 7.07. The molecule has 2 aromatic rings. The average molecular weight is 561 g/mol. The number of guanidine groups is 1. The van der Waals surface area contributed by atoms with Gasteiger partial charge in [0.15, 0.2) is 5.96 Å². The molecule has 9 heteroatoms. The Kier molecular flexibility index (Phi) is 9.23. The monoisotopic (exact) mass is 560 g/mol. The second-order valence-electron chi connectivity index (χ2n) is 6.21. The molecule has 28 heavy (non-hydrogen) atoms. The minimum Gasteiger partial charge on any atom is -0.480 e. The molecule has 0 spiro atoms. The van der Waals surface area contributed by atoms with Gasteiger partial charge in [0.25, 0.3) is 0 Å². The highest BCUT2D eigenvalue weighted by Crippen LogP contribution is 2.23. The lowest BCUT2D eigenvalue weighted by Gasteiger charge is -2.36. The van der Waals surface area contributed by atoms with Crippen molar-refractivity contribution in [3.05, 3.63) is 46.6 Å². The summed E-state index contributed by atoms with van der Waals surface area (Å²) in [5.41, 5.74) is 1.33. The first kappa shape index (κ1) is 22.7. The van der Waals surface area contributed by atoms with Crippen molar-refractivity contribution < 1.29 is 4.74 Å². The molecular formula is C19H26BrIN6O. The molecule has 0 bridgehead atoms. The molecular weight excluding hydrogens is 535 g/mol. The Morgan fingerprint density at radius 3 is 2.57 bits per heavy atom. The van der Waals surface area contributed by atoms with Crippen molar-refractivity contribution in [1.82, 2.24) is 20.2 Å². The van der Waals surface area contributed by atoms with Gasteiger partial charge >= 0.3 is 0 Å². The first-order valence-electron chi connectivity index (χ1n) is 9.02. The Morgan fingerprint density at radius 2 is 1.93 bits per heavy atom. The van der Waals surface area contributed by atoms with Gasteiger partial charge in [0.05, 0.1) is 17.8 Å². The number of aromatic nitrogens is 2. The molecule has 1 aliphatic heterocycles. The van der Waals surface area contributed by atoms with Gasteiger partial charge in [0.2, 0.25) is 11.8 Å². The minimum absolute atomic E-state index is 0. The summed E-state index contributed by atoms with van der Waals surface area (Å²) in [5.74, 6) is 2.20. The van der Waals surface area contributed by atoms with E-state index in [2.05, 4.69) is 70.3 Å². The van der Waals surface area contributed by atoms with E-state index in [0.29, 0.717) is 11.8 Å². The molecule has 0 saturated carbocycles. The lowest BCUT2D eigenvalue weighted by molar-refractivity contribution is 0.366. The van der Waals surface area contributed by atoms with Gasteiger partial charge in [-0.3, -0.25) is 4.99 Å². The van der Waals surface area contributed by atoms with Gasteiger partial charge in [-0.05, 0) is 27.9 Å². The molecule has 0 radical (unpaired) electrons. The van der Waals surface area contributed by atoms with Crippen LogP contribution >= 0.6 is 39.9 Å². The number of benzene rings is 1. The molecule has 2 heterocycles. The van der Waals surface area contributed by atoms with Crippen molar-refractivity contribution in [1.29, 1.82) is 0 Å². The van der Waals surface area contributed by atoms with Crippen LogP contribution in [-0.4, -0.2) is 67.7 Å². The first-order valence-corrected chi connectivity index (χ1v) is 9.81. The molecule has 1 aromatic heterocycles. The second kappa shape index (κ2) is 11.4. The number of hydrogen-bond donors (Lipinski definition) is 1. The van der Waals surface area contributed by atoms with Crippen LogP contribution in [0.3, 0.4) is 0 Å². The van der Waals surface area contributed by atoms with Crippen LogP contribution in [0.5, 0.6) is 5.88 Å². The Balaban J connectivity index is 0.00000280. The number of anilines is 1. The van der Waals surface area contributed by atoms with Crippen LogP contribution in [0, 0.1) is 0 Å². The van der Waals surface area contributed by atoms with Crippen molar-refractivity contribution in [3.63, 3.8) is 0 Å². The fraction of sp³-hybridized carbons (Fsp3) is 0.421. The molecule has 0 amide bonds. The van der Waals surface area contributed by atoms with Gasteiger partial charge in [0.1, 0.15) is 0 Å². The highest BCUT2D eigenvalue weighted by atomic mass is 127. The number of nitrogens with zero attached hydrogens (tertiary/aromatic N) is 5. The maximum Gasteiger partial charge on any atom is 0.232 e. The Bertz CT molecular complexity index is 768. The van der Waals surface area contributed by atoms with Gasteiger partial charge in [-0.1, -0.05) is 30.3 Å². The lowest BCUT2D eigenvalue weighted by atomic mass is 10.1. The molecule has 1 saturated heterocycles. The first-order chi connectivity index (χ1) is 13.2. The van der Waals surface area contributed by atoms with Crippen molar-refractivity contribution in [2.45, 2.75) is 6.42 Å². The number of hydrogen-bond acceptors (Lipinski definition) is 5. The molecule has 7 nitrogen and oxygen atoms in total. The standard InChI is InChI=1S/C19H25BrN6O.HI/c1-21-18(22-9-8-15-6-4-3-5-7-15)25-10-12-26(13-11-25)19-23-14-16(20)17(24-19)27-2;/h3-7,14H,8-13H2,1-2H3,(H,21,22);1H. The van der Waals surface area contributed by atoms with E-state index in [9.17, 15) is 0 Å². The van der Waals surface area contributed by atoms with E-state index in [-0.39, 0.29) is 24.0 Å². The van der Waals surface area contributed by atoms with Gasteiger partial charge in [-0.15, -0.1) is 24.0 Å². The Morgan fingerprint density at radius 1 is 1.21 bits per heavy atom. The zero-order valence-electron chi connectivity index (χ0n) is 16.1. The number of ether oxygens (including phenoxy) is 1. The van der Waals surface area contributed by atoms with Crippen molar-refractivity contribution in [2.24, 2.45) is 4.99 Å². The quantitative estimate of drug-likeness (QED) is 0.345. The van der Waals surface area contributed by atoms with Crippen LogP contribution in [0.1, 0.15) is 5.56 Å². The van der Waals surface area contributed by atoms with E-state index in [1.165, 1.54) is 5.56 Å². The third-order valence-electron chi connectivity index (χ3n) is 4.51. The van der Waals surface area contributed by atoms with Gasteiger partial charge in [-0.2, -0.15) is 4.98 Å². The molecule has 1 aromatic carbocycles. The summed E-state index contributed by atoms with van der Waals surface area (Å²) in [6.07, 6.45) is 2.71. The van der Waals surface area contributed by atoms with Crippen LogP contribution in [0.2, 0.25) is 0 Å². The zero-order valence-corrected chi connectivity index (χ0v) is 20.1. The van der Waals surface area contributed by atoms with E-state index >= 15 is 0 Å². The summed E-state index contributed by atoms with van der Waals surface area (Å²) in [6.45, 7) is 4.28. The minimum atomic E-state index is 0. The molecule has 0 unspecified atom stereocenters. The summed E-state index contributed by atoms with van der Waals surface area (Å²) in [7, 11) is 3.44. The van der Waals surface area contributed by atoms with E-state index < -0.39 is 0 Å². The summed E-state index contributed by atoms with van der Waals surface area (Å²) in [6, 6.07) is 10.5. The zero-order chi connectivity index (χ0) is 19.1. The van der Waals surface area contributed by atoms with E-state index in [1.807, 2.05) is 13.1 Å². The van der Waals surface area contributed by atoms with Crippen molar-refractivity contribution in [3.8, 4) is 5.88 Å². The third kappa shape index (κ3) is 5.94. The highest BCUT2D eigenvalue weighted by Gasteiger charge is 2.22. The fourth-order valence-corrected chi connectivity index (χ4v) is 3.40. The topological polar surface area (TPSA) is 65.9 Å². The predicted octanol–water partition coefficient (Wildman–Crippen LogP) is 2.81. The van der Waals surface area contributed by atoms with E-state index in [1.54, 1.807) is 13.3 Å². The summed E-state index contributed by atoms with van der Waals surface area (Å²) in [4.78, 5) is 17.8. The molecule has 0 aliphatic carbocycles. The highest BCUT2D eigenvalue weighted by molar-refractivity contribution is 14.0. The molecule has 1 N–H and O–H groups in total. The number of rotatable bonds is 5. The Labute approximate surface area is 191 Å². The fourth-order valence-electron chi connectivity index (χ4n) is 3.05. The van der Waals surface area contributed by atoms with Crippen molar-refractivity contribution in [2.75, 3.05) is 51.8 Å². The summed E-state index contributed by atoms with van der Waals surface area (Å²) in [5, 5.41) is 3.47. The summed E-state index contributed by atoms with van der Waals surface area (Å²) < 4.78 is 6.03. The maximum absolute atomic E-state index is 5.27. The molecule has 152 valence electrons. The van der Waals surface area contributed by atoms with Crippen molar-refractivity contribution >= 4 is 51.8 Å². The number of aliphatic imine (C=N–C) groups is 1. The van der Waals surface area contributed by atoms with Crippen LogP contribution < -0.4 is 15.0 Å². The summed E-state index contributed by atoms with van der Waals surface area (Å²) >= 11 is 3.39. The van der Waals surface area contributed by atoms with Crippen LogP contribution in [0.15, 0.2) is 46.0 Å². The molecule has 1 fully saturated rings. The molecule has 0 atom stereocenters. The van der Waals surface area contributed by atoms with E-state index in [4.69, 9.17) is 4.74 Å². The third-order valence-corrected chi connectivity index (χ3v) is 5.05. The number of nitrogens with one attached hydrogen (secondary N) is 1. The van der Waals surface area contributed by atoms with Gasteiger partial charge in [-0.25, -0.2) is 4.98 Å². The van der Waals surface area contributed by atoms with Crippen LogP contribution in [0.25, 0.3) is 0 Å². The smallest absolute Gasteiger partial charge is 0.232 e. The normalized spacial score (nSPS) is 14.5. The largest absolute Gasteiger partial charge is 0.480 e. The Hall–Kier alpha value is -1.62. The molecule has 1 aliphatic rings. The number of methoxy groups -OCH3 is 1.